The summed E-state index contributed by atoms with van der Waals surface area (Å²) >= 11 is 0. The summed E-state index contributed by atoms with van der Waals surface area (Å²) in [6, 6.07) is 14.8. The van der Waals surface area contributed by atoms with Crippen LogP contribution in [0.5, 0.6) is 0 Å². The third-order valence-electron chi connectivity index (χ3n) is 3.90. The van der Waals surface area contributed by atoms with Crippen molar-refractivity contribution < 1.29 is 4.79 Å². The molecule has 1 aliphatic rings. The van der Waals surface area contributed by atoms with Gasteiger partial charge in [-0.25, -0.2) is 5.43 Å². The van der Waals surface area contributed by atoms with Crippen molar-refractivity contribution in [2.24, 2.45) is 5.10 Å². The Balaban J connectivity index is 1.97. The molecule has 1 heterocycles. The number of nitrogens with zero attached hydrogens (tertiary/aromatic N) is 1. The Bertz CT molecular complexity index is 732. The van der Waals surface area contributed by atoms with Crippen molar-refractivity contribution in [3.8, 4) is 11.1 Å². The van der Waals surface area contributed by atoms with Crippen molar-refractivity contribution in [1.29, 1.82) is 0 Å². The van der Waals surface area contributed by atoms with Gasteiger partial charge in [0, 0.05) is 12.8 Å². The smallest absolute Gasteiger partial charge is 0.240 e. The third kappa shape index (κ3) is 2.72. The van der Waals surface area contributed by atoms with Crippen LogP contribution in [0.3, 0.4) is 0 Å². The molecule has 3 nitrogen and oxygen atoms in total. The number of benzene rings is 2. The Morgan fingerprint density at radius 1 is 0.952 bits per heavy atom. The van der Waals surface area contributed by atoms with E-state index < -0.39 is 0 Å². The van der Waals surface area contributed by atoms with Crippen LogP contribution >= 0.6 is 0 Å². The summed E-state index contributed by atoms with van der Waals surface area (Å²) in [5, 5.41) is 4.16. The Labute approximate surface area is 124 Å². The van der Waals surface area contributed by atoms with E-state index in [1.165, 1.54) is 22.3 Å². The summed E-state index contributed by atoms with van der Waals surface area (Å²) in [6.45, 7) is 4.25. The highest BCUT2D eigenvalue weighted by Gasteiger charge is 2.14. The van der Waals surface area contributed by atoms with Gasteiger partial charge in [-0.15, -0.1) is 0 Å². The average Bonchev–Trinajstić information content (AvgIpc) is 2.49. The van der Waals surface area contributed by atoms with E-state index in [1.807, 2.05) is 0 Å². The number of amides is 1. The molecule has 0 aliphatic carbocycles. The zero-order chi connectivity index (χ0) is 14.8. The van der Waals surface area contributed by atoms with E-state index >= 15 is 0 Å². The molecular formula is C18H18N2O. The number of carbonyl (C=O) groups excluding carboxylic acids is 1. The summed E-state index contributed by atoms with van der Waals surface area (Å²) < 4.78 is 0. The van der Waals surface area contributed by atoms with E-state index in [9.17, 15) is 4.79 Å². The Morgan fingerprint density at radius 3 is 2.38 bits per heavy atom. The number of rotatable bonds is 2. The highest BCUT2D eigenvalue weighted by molar-refractivity contribution is 6.04. The van der Waals surface area contributed by atoms with Crippen molar-refractivity contribution in [3.63, 3.8) is 0 Å². The average molecular weight is 278 g/mol. The van der Waals surface area contributed by atoms with Crippen molar-refractivity contribution in [2.45, 2.75) is 26.7 Å². The highest BCUT2D eigenvalue weighted by Crippen LogP contribution is 2.27. The van der Waals surface area contributed by atoms with E-state index in [1.54, 1.807) is 0 Å². The fourth-order valence-corrected chi connectivity index (χ4v) is 2.70. The second-order valence-corrected chi connectivity index (χ2v) is 5.44. The predicted octanol–water partition coefficient (Wildman–Crippen LogP) is 3.58. The van der Waals surface area contributed by atoms with Gasteiger partial charge < -0.3 is 0 Å². The summed E-state index contributed by atoms with van der Waals surface area (Å²) in [6.07, 6.45) is 1.21. The fourth-order valence-electron chi connectivity index (χ4n) is 2.70. The number of aryl methyl sites for hydroxylation is 2. The van der Waals surface area contributed by atoms with Crippen LogP contribution in [0.2, 0.25) is 0 Å². The lowest BCUT2D eigenvalue weighted by atomic mass is 9.93. The first-order valence-corrected chi connectivity index (χ1v) is 7.17. The quantitative estimate of drug-likeness (QED) is 0.896. The molecule has 0 fully saturated rings. The molecule has 106 valence electrons. The maximum absolute atomic E-state index is 11.2. The zero-order valence-corrected chi connectivity index (χ0v) is 12.3. The van der Waals surface area contributed by atoms with Crippen LogP contribution in [0.25, 0.3) is 11.1 Å². The van der Waals surface area contributed by atoms with Crippen molar-refractivity contribution in [1.82, 2.24) is 5.43 Å². The molecule has 0 aromatic heterocycles. The van der Waals surface area contributed by atoms with Crippen molar-refractivity contribution in [3.05, 3.63) is 59.2 Å². The van der Waals surface area contributed by atoms with E-state index in [4.69, 9.17) is 0 Å². The molecule has 2 aromatic carbocycles. The minimum Gasteiger partial charge on any atom is -0.273 e. The van der Waals surface area contributed by atoms with Crippen LogP contribution in [0.15, 0.2) is 47.6 Å². The highest BCUT2D eigenvalue weighted by atomic mass is 16.2. The molecule has 0 radical (unpaired) electrons. The minimum absolute atomic E-state index is 0.00741. The van der Waals surface area contributed by atoms with E-state index in [0.717, 1.165) is 11.3 Å². The predicted molar refractivity (Wildman–Crippen MR) is 85.3 cm³/mol. The topological polar surface area (TPSA) is 41.5 Å². The van der Waals surface area contributed by atoms with Gasteiger partial charge in [-0.3, -0.25) is 4.79 Å². The number of hydrogen-bond acceptors (Lipinski definition) is 2. The Morgan fingerprint density at radius 2 is 1.71 bits per heavy atom. The van der Waals surface area contributed by atoms with Gasteiger partial charge in [0.25, 0.3) is 0 Å². The number of carbonyl (C=O) groups is 1. The molecule has 3 rings (SSSR count). The molecule has 3 heteroatoms. The lowest BCUT2D eigenvalue weighted by molar-refractivity contribution is -0.121. The van der Waals surface area contributed by atoms with E-state index in [0.29, 0.717) is 12.8 Å². The van der Waals surface area contributed by atoms with Crippen LogP contribution in [0.1, 0.15) is 29.5 Å². The largest absolute Gasteiger partial charge is 0.273 e. The molecule has 2 aromatic rings. The molecule has 1 N–H and O–H groups in total. The lowest BCUT2D eigenvalue weighted by Gasteiger charge is -2.15. The van der Waals surface area contributed by atoms with Gasteiger partial charge in [0.1, 0.15) is 0 Å². The van der Waals surface area contributed by atoms with Crippen LogP contribution < -0.4 is 5.43 Å². The van der Waals surface area contributed by atoms with Crippen LogP contribution in [0.4, 0.5) is 0 Å². The summed E-state index contributed by atoms with van der Waals surface area (Å²) in [5.41, 5.74) is 9.60. The molecule has 0 atom stereocenters. The maximum atomic E-state index is 11.2. The monoisotopic (exact) mass is 278 g/mol. The first kappa shape index (κ1) is 13.6. The second kappa shape index (κ2) is 5.52. The van der Waals surface area contributed by atoms with Gasteiger partial charge in [-0.2, -0.15) is 5.10 Å². The second-order valence-electron chi connectivity index (χ2n) is 5.44. The van der Waals surface area contributed by atoms with Crippen LogP contribution in [-0.2, 0) is 4.79 Å². The summed E-state index contributed by atoms with van der Waals surface area (Å²) in [7, 11) is 0. The first-order valence-electron chi connectivity index (χ1n) is 7.17. The van der Waals surface area contributed by atoms with Crippen molar-refractivity contribution >= 4 is 11.6 Å². The number of hydrazone groups is 1. The zero-order valence-electron chi connectivity index (χ0n) is 12.3. The minimum atomic E-state index is -0.00741. The third-order valence-corrected chi connectivity index (χ3v) is 3.90. The maximum Gasteiger partial charge on any atom is 0.240 e. The van der Waals surface area contributed by atoms with E-state index in [2.05, 4.69) is 66.8 Å². The van der Waals surface area contributed by atoms with Crippen LogP contribution in [0, 0.1) is 13.8 Å². The van der Waals surface area contributed by atoms with Gasteiger partial charge in [-0.05, 0) is 47.7 Å². The molecule has 0 bridgehead atoms. The first-order chi connectivity index (χ1) is 10.1. The molecule has 0 unspecified atom stereocenters. The number of hydrogen-bond donors (Lipinski definition) is 1. The SMILES string of the molecule is Cc1ccccc1-c1ccc(C2=NNC(=O)CC2)cc1C. The molecular weight excluding hydrogens is 260 g/mol. The van der Waals surface area contributed by atoms with Gasteiger partial charge in [0.05, 0.1) is 5.71 Å². The number of nitrogens with one attached hydrogen (secondary N) is 1. The van der Waals surface area contributed by atoms with Gasteiger partial charge in [-0.1, -0.05) is 36.4 Å². The van der Waals surface area contributed by atoms with Crippen molar-refractivity contribution in [2.75, 3.05) is 0 Å². The molecule has 21 heavy (non-hydrogen) atoms. The van der Waals surface area contributed by atoms with Gasteiger partial charge in [0.2, 0.25) is 5.91 Å². The lowest BCUT2D eigenvalue weighted by Crippen LogP contribution is -2.25. The molecule has 0 saturated carbocycles. The van der Waals surface area contributed by atoms with Gasteiger partial charge >= 0.3 is 0 Å². The Kier molecular flexibility index (Phi) is 3.57. The van der Waals surface area contributed by atoms with Gasteiger partial charge in [0.15, 0.2) is 0 Å². The molecule has 1 aliphatic heterocycles. The summed E-state index contributed by atoms with van der Waals surface area (Å²) in [4.78, 5) is 11.2. The standard InChI is InChI=1S/C18H18N2O/c1-12-5-3-4-6-15(12)16-8-7-14(11-13(16)2)17-9-10-18(21)20-19-17/h3-8,11H,9-10H2,1-2H3,(H,20,21). The normalized spacial score (nSPS) is 14.6. The van der Waals surface area contributed by atoms with Crippen LogP contribution in [-0.4, -0.2) is 11.6 Å². The molecule has 0 saturated heterocycles. The van der Waals surface area contributed by atoms with E-state index in [-0.39, 0.29) is 5.91 Å². The Hall–Kier alpha value is -2.42. The molecule has 0 spiro atoms. The fraction of sp³-hybridized carbons (Fsp3) is 0.222. The molecule has 1 amide bonds. The summed E-state index contributed by atoms with van der Waals surface area (Å²) in [5.74, 6) is -0.00741.